The second kappa shape index (κ2) is 6.41. The van der Waals surface area contributed by atoms with Crippen LogP contribution in [0.2, 0.25) is 0 Å². The summed E-state index contributed by atoms with van der Waals surface area (Å²) in [5.41, 5.74) is 0.00726. The molecule has 106 valence electrons. The maximum absolute atomic E-state index is 11.6. The zero-order valence-electron chi connectivity index (χ0n) is 11.9. The third-order valence-electron chi connectivity index (χ3n) is 2.32. The van der Waals surface area contributed by atoms with E-state index in [2.05, 4.69) is 5.32 Å². The molecule has 1 N–H and O–H groups in total. The van der Waals surface area contributed by atoms with Gasteiger partial charge in [0, 0.05) is 12.0 Å². The van der Waals surface area contributed by atoms with Crippen LogP contribution in [0.4, 0.5) is 4.79 Å². The van der Waals surface area contributed by atoms with Crippen molar-refractivity contribution in [2.75, 3.05) is 6.61 Å². The summed E-state index contributed by atoms with van der Waals surface area (Å²) in [5.74, 6) is -0.345. The van der Waals surface area contributed by atoms with Gasteiger partial charge in [0.15, 0.2) is 0 Å². The average molecular weight is 267 g/mol. The highest BCUT2D eigenvalue weighted by Gasteiger charge is 2.22. The van der Waals surface area contributed by atoms with Gasteiger partial charge in [-0.15, -0.1) is 0 Å². The first-order valence-electron chi connectivity index (χ1n) is 6.36. The zero-order chi connectivity index (χ0) is 14.5. The Kier molecular flexibility index (Phi) is 5.15. The van der Waals surface area contributed by atoms with Crippen molar-refractivity contribution in [3.8, 4) is 0 Å². The summed E-state index contributed by atoms with van der Waals surface area (Å²) in [7, 11) is 0. The normalized spacial score (nSPS) is 18.5. The Morgan fingerprint density at radius 2 is 2.11 bits per heavy atom. The van der Waals surface area contributed by atoms with E-state index in [-0.39, 0.29) is 12.0 Å². The molecular formula is C14H21NO4. The summed E-state index contributed by atoms with van der Waals surface area (Å²) in [6, 6.07) is -0.251. The number of hydrogen-bond donors (Lipinski definition) is 1. The highest BCUT2D eigenvalue weighted by molar-refractivity contribution is 5.89. The van der Waals surface area contributed by atoms with Gasteiger partial charge in [-0.25, -0.2) is 9.59 Å². The van der Waals surface area contributed by atoms with E-state index in [4.69, 9.17) is 9.47 Å². The lowest BCUT2D eigenvalue weighted by Crippen LogP contribution is -2.39. The molecule has 0 unspecified atom stereocenters. The van der Waals surface area contributed by atoms with E-state index >= 15 is 0 Å². The third-order valence-corrected chi connectivity index (χ3v) is 2.32. The van der Waals surface area contributed by atoms with Crippen LogP contribution in [0.1, 0.15) is 34.1 Å². The van der Waals surface area contributed by atoms with Crippen molar-refractivity contribution in [3.05, 3.63) is 23.8 Å². The predicted octanol–water partition coefficient (Wildman–Crippen LogP) is 2.33. The van der Waals surface area contributed by atoms with Crippen LogP contribution >= 0.6 is 0 Å². The molecule has 0 aliphatic heterocycles. The van der Waals surface area contributed by atoms with Crippen LogP contribution in [0.3, 0.4) is 0 Å². The van der Waals surface area contributed by atoms with Gasteiger partial charge in [0.1, 0.15) is 5.60 Å². The Morgan fingerprint density at radius 3 is 2.68 bits per heavy atom. The van der Waals surface area contributed by atoms with Gasteiger partial charge in [0.05, 0.1) is 12.6 Å². The first-order valence-corrected chi connectivity index (χ1v) is 6.36. The van der Waals surface area contributed by atoms with Gasteiger partial charge < -0.3 is 14.8 Å². The lowest BCUT2D eigenvalue weighted by atomic mass is 10.0. The van der Waals surface area contributed by atoms with E-state index in [9.17, 15) is 9.59 Å². The van der Waals surface area contributed by atoms with E-state index in [1.54, 1.807) is 39.8 Å². The van der Waals surface area contributed by atoms with Crippen molar-refractivity contribution in [1.29, 1.82) is 0 Å². The van der Waals surface area contributed by atoms with Crippen molar-refractivity contribution in [1.82, 2.24) is 5.32 Å². The minimum atomic E-state index is -0.539. The minimum Gasteiger partial charge on any atom is -0.463 e. The number of carbonyl (C=O) groups excluding carboxylic acids is 2. The molecule has 1 aliphatic carbocycles. The molecule has 0 fully saturated rings. The molecular weight excluding hydrogens is 246 g/mol. The molecule has 0 aromatic carbocycles. The van der Waals surface area contributed by atoms with E-state index in [0.717, 1.165) is 0 Å². The summed E-state index contributed by atoms with van der Waals surface area (Å²) >= 11 is 0. The Balaban J connectivity index is 2.51. The first-order chi connectivity index (χ1) is 8.81. The minimum absolute atomic E-state index is 0.251. The number of rotatable bonds is 3. The van der Waals surface area contributed by atoms with Crippen LogP contribution in [0.5, 0.6) is 0 Å². The molecule has 19 heavy (non-hydrogen) atoms. The van der Waals surface area contributed by atoms with Crippen molar-refractivity contribution >= 4 is 12.1 Å². The largest absolute Gasteiger partial charge is 0.463 e. The lowest BCUT2D eigenvalue weighted by Gasteiger charge is -2.23. The molecule has 0 saturated heterocycles. The molecule has 1 amide bonds. The smallest absolute Gasteiger partial charge is 0.408 e. The molecule has 5 heteroatoms. The van der Waals surface area contributed by atoms with Gasteiger partial charge in [-0.05, 0) is 27.7 Å². The molecule has 1 rings (SSSR count). The highest BCUT2D eigenvalue weighted by atomic mass is 16.6. The fourth-order valence-electron chi connectivity index (χ4n) is 1.61. The number of esters is 1. The Labute approximate surface area is 113 Å². The quantitative estimate of drug-likeness (QED) is 0.797. The topological polar surface area (TPSA) is 64.6 Å². The van der Waals surface area contributed by atoms with Crippen molar-refractivity contribution in [2.24, 2.45) is 0 Å². The van der Waals surface area contributed by atoms with Crippen molar-refractivity contribution < 1.29 is 19.1 Å². The summed E-state index contributed by atoms with van der Waals surface area (Å²) in [6.07, 6.45) is 5.16. The number of nitrogens with one attached hydrogen (secondary N) is 1. The number of carbonyl (C=O) groups is 2. The molecule has 1 atom stereocenters. The molecule has 0 saturated carbocycles. The number of allylic oxidation sites excluding steroid dienone is 2. The van der Waals surface area contributed by atoms with Crippen LogP contribution in [0.15, 0.2) is 23.8 Å². The molecule has 0 spiro atoms. The van der Waals surface area contributed by atoms with E-state index < -0.39 is 11.7 Å². The highest BCUT2D eigenvalue weighted by Crippen LogP contribution is 2.15. The molecule has 0 radical (unpaired) electrons. The number of alkyl carbamates (subject to hydrolysis) is 1. The fraction of sp³-hybridized carbons (Fsp3) is 0.571. The Hall–Kier alpha value is -1.78. The van der Waals surface area contributed by atoms with Crippen LogP contribution in [0, 0.1) is 0 Å². The van der Waals surface area contributed by atoms with Gasteiger partial charge in [-0.3, -0.25) is 0 Å². The Bertz CT molecular complexity index is 404. The van der Waals surface area contributed by atoms with E-state index in [1.165, 1.54) is 0 Å². The predicted molar refractivity (Wildman–Crippen MR) is 71.6 cm³/mol. The molecule has 0 aromatic rings. The van der Waals surface area contributed by atoms with Crippen molar-refractivity contribution in [2.45, 2.75) is 45.8 Å². The van der Waals surface area contributed by atoms with Gasteiger partial charge in [0.2, 0.25) is 0 Å². The SMILES string of the molecule is CCOC(=O)C1=CC=C[C@H](NC(=O)OC(C)(C)C)C1. The fourth-order valence-corrected chi connectivity index (χ4v) is 1.61. The van der Waals surface area contributed by atoms with Crippen LogP contribution in [0.25, 0.3) is 0 Å². The number of ether oxygens (including phenoxy) is 2. The molecule has 0 bridgehead atoms. The molecule has 1 aliphatic rings. The van der Waals surface area contributed by atoms with Gasteiger partial charge in [-0.2, -0.15) is 0 Å². The van der Waals surface area contributed by atoms with Crippen LogP contribution < -0.4 is 5.32 Å². The Morgan fingerprint density at radius 1 is 1.42 bits per heavy atom. The average Bonchev–Trinajstić information content (AvgIpc) is 2.27. The second-order valence-electron chi connectivity index (χ2n) is 5.25. The monoisotopic (exact) mass is 267 g/mol. The molecule has 0 aromatic heterocycles. The van der Waals surface area contributed by atoms with Crippen molar-refractivity contribution in [3.63, 3.8) is 0 Å². The molecule has 5 nitrogen and oxygen atoms in total. The number of hydrogen-bond acceptors (Lipinski definition) is 4. The standard InChI is InChI=1S/C14H21NO4/c1-5-18-12(16)10-7-6-8-11(9-10)15-13(17)19-14(2,3)4/h6-8,11H,5,9H2,1-4H3,(H,15,17)/t11-/m0/s1. The van der Waals surface area contributed by atoms with Gasteiger partial charge >= 0.3 is 12.1 Å². The molecule has 0 heterocycles. The van der Waals surface area contributed by atoms with Gasteiger partial charge in [0.25, 0.3) is 0 Å². The zero-order valence-corrected chi connectivity index (χ0v) is 11.9. The van der Waals surface area contributed by atoms with E-state index in [1.807, 2.05) is 6.08 Å². The maximum atomic E-state index is 11.6. The second-order valence-corrected chi connectivity index (χ2v) is 5.25. The first kappa shape index (κ1) is 15.3. The third kappa shape index (κ3) is 5.59. The van der Waals surface area contributed by atoms with E-state index in [0.29, 0.717) is 18.6 Å². The summed E-state index contributed by atoms with van der Waals surface area (Å²) < 4.78 is 10.1. The number of amides is 1. The lowest BCUT2D eigenvalue weighted by molar-refractivity contribution is -0.138. The van der Waals surface area contributed by atoms with Gasteiger partial charge in [-0.1, -0.05) is 18.2 Å². The van der Waals surface area contributed by atoms with Crippen LogP contribution in [-0.4, -0.2) is 30.3 Å². The summed E-state index contributed by atoms with van der Waals surface area (Å²) in [4.78, 5) is 23.2. The maximum Gasteiger partial charge on any atom is 0.408 e. The van der Waals surface area contributed by atoms with Crippen LogP contribution in [-0.2, 0) is 14.3 Å². The summed E-state index contributed by atoms with van der Waals surface area (Å²) in [6.45, 7) is 7.49. The summed E-state index contributed by atoms with van der Waals surface area (Å²) in [5, 5.41) is 2.71.